The fraction of sp³-hybridized carbons (Fsp3) is 0.381. The zero-order valence-electron chi connectivity index (χ0n) is 16.3. The molecule has 2 aromatic rings. The molecule has 6 heteroatoms. The molecule has 0 radical (unpaired) electrons. The van der Waals surface area contributed by atoms with Gasteiger partial charge in [0, 0.05) is 6.42 Å². The van der Waals surface area contributed by atoms with Crippen LogP contribution in [0.3, 0.4) is 0 Å². The summed E-state index contributed by atoms with van der Waals surface area (Å²) < 4.78 is 33.8. The second-order valence-corrected chi connectivity index (χ2v) is 8.88. The molecule has 0 saturated carbocycles. The molecule has 3 rings (SSSR count). The number of hydrogen-bond donors (Lipinski definition) is 0. The van der Waals surface area contributed by atoms with E-state index in [2.05, 4.69) is 18.8 Å². The summed E-state index contributed by atoms with van der Waals surface area (Å²) in [5.41, 5.74) is 3.08. The van der Waals surface area contributed by atoms with Crippen molar-refractivity contribution in [2.75, 3.05) is 20.2 Å². The highest BCUT2D eigenvalue weighted by atomic mass is 32.2. The van der Waals surface area contributed by atoms with Gasteiger partial charge in [0.05, 0.1) is 20.2 Å². The third-order valence-corrected chi connectivity index (χ3v) is 6.68. The van der Waals surface area contributed by atoms with Gasteiger partial charge in [-0.05, 0) is 41.7 Å². The summed E-state index contributed by atoms with van der Waals surface area (Å²) in [6.45, 7) is 6.93. The second-order valence-electron chi connectivity index (χ2n) is 7.05. The Bertz CT molecular complexity index is 951. The van der Waals surface area contributed by atoms with Crippen LogP contribution in [0.1, 0.15) is 36.5 Å². The number of sulfonamides is 1. The molecule has 0 saturated heterocycles. The van der Waals surface area contributed by atoms with Crippen molar-refractivity contribution in [3.8, 4) is 5.75 Å². The molecule has 0 aromatic heterocycles. The quantitative estimate of drug-likeness (QED) is 0.759. The van der Waals surface area contributed by atoms with Gasteiger partial charge in [-0.15, -0.1) is 0 Å². The van der Waals surface area contributed by atoms with E-state index in [1.807, 2.05) is 43.3 Å². The first kappa shape index (κ1) is 19.4. The van der Waals surface area contributed by atoms with Crippen LogP contribution < -0.4 is 4.74 Å². The lowest BCUT2D eigenvalue weighted by atomic mass is 9.98. The van der Waals surface area contributed by atoms with Crippen LogP contribution in [0.2, 0.25) is 0 Å². The Balaban J connectivity index is 2.01. The summed E-state index contributed by atoms with van der Waals surface area (Å²) in [5, 5.41) is 0. The smallest absolute Gasteiger partial charge is 0.269 e. The molecule has 0 amide bonds. The Morgan fingerprint density at radius 1 is 1.19 bits per heavy atom. The van der Waals surface area contributed by atoms with Crippen molar-refractivity contribution in [2.45, 2.75) is 38.0 Å². The minimum Gasteiger partial charge on any atom is -0.495 e. The Labute approximate surface area is 161 Å². The molecule has 1 heterocycles. The SMILES string of the molecule is COc1cc(C)c(C(C)C)cc1S(=O)(=O)N1CCN=C1Cc1ccccc1. The van der Waals surface area contributed by atoms with Crippen LogP contribution in [-0.4, -0.2) is 38.8 Å². The normalized spacial score (nSPS) is 14.6. The largest absolute Gasteiger partial charge is 0.495 e. The molecule has 2 aromatic carbocycles. The van der Waals surface area contributed by atoms with Gasteiger partial charge in [-0.25, -0.2) is 8.42 Å². The van der Waals surface area contributed by atoms with Crippen molar-refractivity contribution in [1.82, 2.24) is 4.31 Å². The van der Waals surface area contributed by atoms with Crippen molar-refractivity contribution < 1.29 is 13.2 Å². The van der Waals surface area contributed by atoms with E-state index >= 15 is 0 Å². The molecular weight excluding hydrogens is 360 g/mol. The first-order chi connectivity index (χ1) is 12.8. The molecule has 1 aliphatic rings. The molecule has 144 valence electrons. The van der Waals surface area contributed by atoms with E-state index in [1.165, 1.54) is 11.4 Å². The van der Waals surface area contributed by atoms with Crippen molar-refractivity contribution in [3.05, 3.63) is 59.2 Å². The van der Waals surface area contributed by atoms with Crippen molar-refractivity contribution in [3.63, 3.8) is 0 Å². The topological polar surface area (TPSA) is 59.0 Å². The first-order valence-corrected chi connectivity index (χ1v) is 10.6. The van der Waals surface area contributed by atoms with Crippen LogP contribution in [-0.2, 0) is 16.4 Å². The summed E-state index contributed by atoms with van der Waals surface area (Å²) in [4.78, 5) is 4.67. The summed E-state index contributed by atoms with van der Waals surface area (Å²) in [7, 11) is -2.24. The lowest BCUT2D eigenvalue weighted by Gasteiger charge is -2.23. The highest BCUT2D eigenvalue weighted by Crippen LogP contribution is 2.33. The maximum absolute atomic E-state index is 13.5. The molecular formula is C21H26N2O3S. The number of aryl methyl sites for hydroxylation is 1. The van der Waals surface area contributed by atoms with Crippen molar-refractivity contribution in [2.24, 2.45) is 4.99 Å². The molecule has 5 nitrogen and oxygen atoms in total. The van der Waals surface area contributed by atoms with Gasteiger partial charge in [0.15, 0.2) is 0 Å². The van der Waals surface area contributed by atoms with Gasteiger partial charge in [0.2, 0.25) is 0 Å². The van der Waals surface area contributed by atoms with Gasteiger partial charge in [-0.3, -0.25) is 9.30 Å². The highest BCUT2D eigenvalue weighted by molar-refractivity contribution is 7.89. The van der Waals surface area contributed by atoms with Gasteiger partial charge >= 0.3 is 0 Å². The van der Waals surface area contributed by atoms with Gasteiger partial charge in [-0.1, -0.05) is 44.2 Å². The minimum atomic E-state index is -3.75. The molecule has 1 aliphatic heterocycles. The standard InChI is InChI=1S/C21H26N2O3S/c1-15(2)18-14-20(19(26-4)12-16(18)3)27(24,25)23-11-10-22-21(23)13-17-8-6-5-7-9-17/h5-9,12,14-15H,10-11,13H2,1-4H3. The first-order valence-electron chi connectivity index (χ1n) is 9.13. The van der Waals surface area contributed by atoms with E-state index in [0.717, 1.165) is 16.7 Å². The number of methoxy groups -OCH3 is 1. The molecule has 0 N–H and O–H groups in total. The number of ether oxygens (including phenoxy) is 1. The number of nitrogens with zero attached hydrogens (tertiary/aromatic N) is 2. The molecule has 0 bridgehead atoms. The summed E-state index contributed by atoms with van der Waals surface area (Å²) in [6, 6.07) is 13.4. The maximum atomic E-state index is 13.5. The van der Waals surface area contributed by atoms with Crippen molar-refractivity contribution >= 4 is 15.9 Å². The predicted octanol–water partition coefficient (Wildman–Crippen LogP) is 3.77. The highest BCUT2D eigenvalue weighted by Gasteiger charge is 2.33. The van der Waals surface area contributed by atoms with Gasteiger partial charge in [0.25, 0.3) is 10.0 Å². The third kappa shape index (κ3) is 3.86. The fourth-order valence-electron chi connectivity index (χ4n) is 3.44. The average molecular weight is 387 g/mol. The van der Waals surface area contributed by atoms with E-state index in [4.69, 9.17) is 4.74 Å². The Morgan fingerprint density at radius 2 is 1.89 bits per heavy atom. The van der Waals surface area contributed by atoms with Gasteiger partial charge < -0.3 is 4.74 Å². The van der Waals surface area contributed by atoms with Crippen LogP contribution in [0.25, 0.3) is 0 Å². The Morgan fingerprint density at radius 3 is 2.52 bits per heavy atom. The zero-order chi connectivity index (χ0) is 19.6. The molecule has 0 fully saturated rings. The lowest BCUT2D eigenvalue weighted by Crippen LogP contribution is -2.35. The minimum absolute atomic E-state index is 0.210. The summed E-state index contributed by atoms with van der Waals surface area (Å²) >= 11 is 0. The van der Waals surface area contributed by atoms with Crippen LogP contribution in [0.4, 0.5) is 0 Å². The van der Waals surface area contributed by atoms with Gasteiger partial charge in [0.1, 0.15) is 16.5 Å². The number of aliphatic imine (C=N–C) groups is 1. The molecule has 0 spiro atoms. The number of hydrogen-bond acceptors (Lipinski definition) is 4. The van der Waals surface area contributed by atoms with E-state index < -0.39 is 10.0 Å². The predicted molar refractivity (Wildman–Crippen MR) is 108 cm³/mol. The van der Waals surface area contributed by atoms with E-state index in [-0.39, 0.29) is 10.8 Å². The Kier molecular flexibility index (Phi) is 5.56. The fourth-order valence-corrected chi connectivity index (χ4v) is 5.07. The third-order valence-electron chi connectivity index (χ3n) is 4.83. The molecule has 0 unspecified atom stereocenters. The van der Waals surface area contributed by atoms with Crippen molar-refractivity contribution in [1.29, 1.82) is 0 Å². The van der Waals surface area contributed by atoms with Gasteiger partial charge in [-0.2, -0.15) is 0 Å². The van der Waals surface area contributed by atoms with Crippen LogP contribution in [0.5, 0.6) is 5.75 Å². The van der Waals surface area contributed by atoms with E-state index in [1.54, 1.807) is 6.07 Å². The van der Waals surface area contributed by atoms with Crippen LogP contribution in [0.15, 0.2) is 52.4 Å². The van der Waals surface area contributed by atoms with E-state index in [9.17, 15) is 8.42 Å². The van der Waals surface area contributed by atoms with E-state index in [0.29, 0.717) is 31.1 Å². The number of rotatable bonds is 6. The van der Waals surface area contributed by atoms with Crippen LogP contribution in [0, 0.1) is 6.92 Å². The second kappa shape index (κ2) is 7.72. The summed E-state index contributed by atoms with van der Waals surface area (Å²) in [6.07, 6.45) is 0.491. The molecule has 0 aliphatic carbocycles. The number of benzene rings is 2. The molecule has 0 atom stereocenters. The number of amidine groups is 1. The average Bonchev–Trinajstić information content (AvgIpc) is 3.10. The summed E-state index contributed by atoms with van der Waals surface area (Å²) in [5.74, 6) is 1.18. The lowest BCUT2D eigenvalue weighted by molar-refractivity contribution is 0.400. The maximum Gasteiger partial charge on any atom is 0.269 e. The monoisotopic (exact) mass is 386 g/mol. The molecule has 27 heavy (non-hydrogen) atoms. The Hall–Kier alpha value is -2.34. The van der Waals surface area contributed by atoms with Crippen LogP contribution >= 0.6 is 0 Å². The zero-order valence-corrected chi connectivity index (χ0v) is 17.1.